The molecule has 0 radical (unpaired) electrons. The Bertz CT molecular complexity index is 785. The Morgan fingerprint density at radius 3 is 2.42 bits per heavy atom. The number of nitrogens with one attached hydrogen (secondary N) is 1. The molecule has 0 saturated carbocycles. The van der Waals surface area contributed by atoms with Crippen molar-refractivity contribution in [3.63, 3.8) is 0 Å². The predicted octanol–water partition coefficient (Wildman–Crippen LogP) is 3.41. The molecule has 1 N–H and O–H groups in total. The lowest BCUT2D eigenvalue weighted by Crippen LogP contribution is -2.34. The van der Waals surface area contributed by atoms with Gasteiger partial charge in [-0.2, -0.15) is 4.68 Å². The van der Waals surface area contributed by atoms with Gasteiger partial charge < -0.3 is 10.1 Å². The standard InChI is InChI=1S/C18H21N5O/c1-4-18(2,19-14-10-12-16(24-3)13-11-14)17-20-21-22-23(17)15-8-6-5-7-9-15/h5-13,19H,4H2,1-3H3. The van der Waals surface area contributed by atoms with E-state index < -0.39 is 5.54 Å². The van der Waals surface area contributed by atoms with Crippen molar-refractivity contribution < 1.29 is 4.74 Å². The molecule has 0 aliphatic heterocycles. The Hall–Kier alpha value is -2.89. The monoisotopic (exact) mass is 323 g/mol. The number of benzene rings is 2. The van der Waals surface area contributed by atoms with Gasteiger partial charge in [-0.25, -0.2) is 0 Å². The van der Waals surface area contributed by atoms with E-state index in [0.29, 0.717) is 0 Å². The molecule has 0 aliphatic carbocycles. The molecule has 2 aromatic carbocycles. The molecular formula is C18H21N5O. The lowest BCUT2D eigenvalue weighted by atomic mass is 9.97. The fraction of sp³-hybridized carbons (Fsp3) is 0.278. The van der Waals surface area contributed by atoms with Crippen LogP contribution in [0.4, 0.5) is 5.69 Å². The third-order valence-electron chi connectivity index (χ3n) is 4.18. The van der Waals surface area contributed by atoms with E-state index in [1.54, 1.807) is 11.8 Å². The molecule has 6 heteroatoms. The maximum absolute atomic E-state index is 5.21. The van der Waals surface area contributed by atoms with Crippen LogP contribution < -0.4 is 10.1 Å². The molecule has 1 heterocycles. The molecule has 0 aliphatic rings. The normalized spacial score (nSPS) is 13.3. The average molecular weight is 323 g/mol. The van der Waals surface area contributed by atoms with E-state index in [1.165, 1.54) is 0 Å². The van der Waals surface area contributed by atoms with E-state index in [9.17, 15) is 0 Å². The summed E-state index contributed by atoms with van der Waals surface area (Å²) < 4.78 is 6.99. The number of rotatable bonds is 6. The number of tetrazole rings is 1. The van der Waals surface area contributed by atoms with Crippen LogP contribution in [0, 0.1) is 0 Å². The van der Waals surface area contributed by atoms with Crippen LogP contribution in [-0.4, -0.2) is 27.3 Å². The van der Waals surface area contributed by atoms with E-state index in [4.69, 9.17) is 4.74 Å². The number of hydrogen-bond acceptors (Lipinski definition) is 5. The van der Waals surface area contributed by atoms with Gasteiger partial charge in [0.25, 0.3) is 0 Å². The number of para-hydroxylation sites is 1. The highest BCUT2D eigenvalue weighted by molar-refractivity contribution is 5.49. The zero-order valence-electron chi connectivity index (χ0n) is 14.1. The van der Waals surface area contributed by atoms with Gasteiger partial charge in [-0.3, -0.25) is 0 Å². The van der Waals surface area contributed by atoms with Crippen molar-refractivity contribution in [1.82, 2.24) is 20.2 Å². The second kappa shape index (κ2) is 6.70. The molecule has 24 heavy (non-hydrogen) atoms. The largest absolute Gasteiger partial charge is 0.497 e. The van der Waals surface area contributed by atoms with E-state index in [1.807, 2.05) is 54.6 Å². The third kappa shape index (κ3) is 3.08. The van der Waals surface area contributed by atoms with Crippen molar-refractivity contribution in [2.24, 2.45) is 0 Å². The van der Waals surface area contributed by atoms with E-state index in [-0.39, 0.29) is 0 Å². The topological polar surface area (TPSA) is 64.9 Å². The van der Waals surface area contributed by atoms with Crippen LogP contribution in [0.15, 0.2) is 54.6 Å². The van der Waals surface area contributed by atoms with Gasteiger partial charge in [-0.1, -0.05) is 25.1 Å². The first-order valence-corrected chi connectivity index (χ1v) is 7.93. The highest BCUT2D eigenvalue weighted by Gasteiger charge is 2.31. The minimum Gasteiger partial charge on any atom is -0.497 e. The van der Waals surface area contributed by atoms with Gasteiger partial charge in [0.2, 0.25) is 0 Å². The molecule has 0 bridgehead atoms. The number of aromatic nitrogens is 4. The van der Waals surface area contributed by atoms with Crippen molar-refractivity contribution >= 4 is 5.69 Å². The van der Waals surface area contributed by atoms with Crippen molar-refractivity contribution in [2.45, 2.75) is 25.8 Å². The molecule has 0 spiro atoms. The van der Waals surface area contributed by atoms with E-state index >= 15 is 0 Å². The van der Waals surface area contributed by atoms with Crippen molar-refractivity contribution in [2.75, 3.05) is 12.4 Å². The SMILES string of the molecule is CCC(C)(Nc1ccc(OC)cc1)c1nnnn1-c1ccccc1. The Labute approximate surface area is 141 Å². The summed E-state index contributed by atoms with van der Waals surface area (Å²) in [6.45, 7) is 4.21. The fourth-order valence-electron chi connectivity index (χ4n) is 2.57. The van der Waals surface area contributed by atoms with Gasteiger partial charge in [0.05, 0.1) is 18.3 Å². The minimum atomic E-state index is -0.409. The van der Waals surface area contributed by atoms with Gasteiger partial charge in [0.15, 0.2) is 5.82 Å². The van der Waals surface area contributed by atoms with Crippen molar-refractivity contribution in [3.05, 3.63) is 60.4 Å². The number of ether oxygens (including phenoxy) is 1. The number of anilines is 1. The molecule has 3 rings (SSSR count). The summed E-state index contributed by atoms with van der Waals surface area (Å²) in [4.78, 5) is 0. The summed E-state index contributed by atoms with van der Waals surface area (Å²) in [5.41, 5.74) is 1.52. The summed E-state index contributed by atoms with van der Waals surface area (Å²) in [5.74, 6) is 1.60. The maximum atomic E-state index is 5.21. The third-order valence-corrected chi connectivity index (χ3v) is 4.18. The van der Waals surface area contributed by atoms with Crippen LogP contribution in [-0.2, 0) is 5.54 Å². The molecule has 124 valence electrons. The molecule has 0 fully saturated rings. The molecule has 6 nitrogen and oxygen atoms in total. The second-order valence-electron chi connectivity index (χ2n) is 5.79. The molecule has 0 amide bonds. The van der Waals surface area contributed by atoms with Gasteiger partial charge in [-0.05, 0) is 60.2 Å². The zero-order valence-corrected chi connectivity index (χ0v) is 14.1. The Kier molecular flexibility index (Phi) is 4.46. The maximum Gasteiger partial charge on any atom is 0.181 e. The number of hydrogen-bond donors (Lipinski definition) is 1. The molecule has 1 unspecified atom stereocenters. The van der Waals surface area contributed by atoms with Crippen LogP contribution in [0.1, 0.15) is 26.1 Å². The first-order valence-electron chi connectivity index (χ1n) is 7.93. The zero-order chi connectivity index (χ0) is 17.0. The quantitative estimate of drug-likeness (QED) is 0.753. The lowest BCUT2D eigenvalue weighted by Gasteiger charge is -2.29. The summed E-state index contributed by atoms with van der Waals surface area (Å²) in [7, 11) is 1.66. The molecule has 1 aromatic heterocycles. The molecule has 0 saturated heterocycles. The van der Waals surface area contributed by atoms with Gasteiger partial charge in [-0.15, -0.1) is 5.10 Å². The summed E-state index contributed by atoms with van der Waals surface area (Å²) in [5, 5.41) is 15.9. The summed E-state index contributed by atoms with van der Waals surface area (Å²) in [6, 6.07) is 17.7. The molecule has 1 atom stereocenters. The fourth-order valence-corrected chi connectivity index (χ4v) is 2.57. The van der Waals surface area contributed by atoms with Gasteiger partial charge in [0.1, 0.15) is 5.75 Å². The predicted molar refractivity (Wildman–Crippen MR) is 93.4 cm³/mol. The van der Waals surface area contributed by atoms with Crippen molar-refractivity contribution in [3.8, 4) is 11.4 Å². The Morgan fingerprint density at radius 1 is 1.08 bits per heavy atom. The van der Waals surface area contributed by atoms with Crippen LogP contribution >= 0.6 is 0 Å². The number of methoxy groups -OCH3 is 1. The Balaban J connectivity index is 1.94. The second-order valence-corrected chi connectivity index (χ2v) is 5.79. The summed E-state index contributed by atoms with van der Waals surface area (Å²) in [6.07, 6.45) is 0.826. The minimum absolute atomic E-state index is 0.409. The highest BCUT2D eigenvalue weighted by Crippen LogP contribution is 2.29. The first-order chi connectivity index (χ1) is 11.7. The van der Waals surface area contributed by atoms with Gasteiger partial charge in [0, 0.05) is 5.69 Å². The highest BCUT2D eigenvalue weighted by atomic mass is 16.5. The van der Waals surface area contributed by atoms with E-state index in [0.717, 1.165) is 29.4 Å². The smallest absolute Gasteiger partial charge is 0.181 e. The van der Waals surface area contributed by atoms with Crippen LogP contribution in [0.2, 0.25) is 0 Å². The lowest BCUT2D eigenvalue weighted by molar-refractivity contribution is 0.414. The molecule has 3 aromatic rings. The van der Waals surface area contributed by atoms with Crippen LogP contribution in [0.5, 0.6) is 5.75 Å². The van der Waals surface area contributed by atoms with E-state index in [2.05, 4.69) is 34.7 Å². The van der Waals surface area contributed by atoms with Crippen LogP contribution in [0.3, 0.4) is 0 Å². The number of nitrogens with zero attached hydrogens (tertiary/aromatic N) is 4. The summed E-state index contributed by atoms with van der Waals surface area (Å²) >= 11 is 0. The van der Waals surface area contributed by atoms with Crippen molar-refractivity contribution in [1.29, 1.82) is 0 Å². The molecular weight excluding hydrogens is 302 g/mol. The Morgan fingerprint density at radius 2 is 1.79 bits per heavy atom. The average Bonchev–Trinajstić information content (AvgIpc) is 3.13. The van der Waals surface area contributed by atoms with Gasteiger partial charge >= 0.3 is 0 Å². The van der Waals surface area contributed by atoms with Crippen LogP contribution in [0.25, 0.3) is 5.69 Å². The first kappa shape index (κ1) is 16.0.